The van der Waals surface area contributed by atoms with Crippen molar-refractivity contribution in [2.75, 3.05) is 11.9 Å². The van der Waals surface area contributed by atoms with Gasteiger partial charge in [0.2, 0.25) is 0 Å². The maximum atomic E-state index is 5.26. The first-order valence-electron chi connectivity index (χ1n) is 7.60. The lowest BCUT2D eigenvalue weighted by molar-refractivity contribution is 0.442. The summed E-state index contributed by atoms with van der Waals surface area (Å²) in [6, 6.07) is 9.14. The van der Waals surface area contributed by atoms with Crippen molar-refractivity contribution in [3.8, 4) is 0 Å². The van der Waals surface area contributed by atoms with Gasteiger partial charge in [0.15, 0.2) is 0 Å². The van der Waals surface area contributed by atoms with Crippen LogP contribution in [-0.2, 0) is 12.8 Å². The van der Waals surface area contributed by atoms with E-state index < -0.39 is 0 Å². The van der Waals surface area contributed by atoms with Gasteiger partial charge in [0.1, 0.15) is 17.5 Å². The molecule has 5 heteroatoms. The van der Waals surface area contributed by atoms with Crippen LogP contribution in [0.4, 0.5) is 5.82 Å². The molecule has 4 rings (SSSR count). The van der Waals surface area contributed by atoms with Gasteiger partial charge in [-0.3, -0.25) is 0 Å². The molecule has 0 N–H and O–H groups in total. The average Bonchev–Trinajstić information content (AvgIpc) is 2.95. The second-order valence-electron chi connectivity index (χ2n) is 5.92. The van der Waals surface area contributed by atoms with E-state index in [9.17, 15) is 0 Å². The van der Waals surface area contributed by atoms with Crippen molar-refractivity contribution in [2.24, 2.45) is 0 Å². The first kappa shape index (κ1) is 13.2. The Morgan fingerprint density at radius 3 is 2.86 bits per heavy atom. The van der Waals surface area contributed by atoms with Crippen molar-refractivity contribution in [1.29, 1.82) is 0 Å². The topological polar surface area (TPSA) is 55.1 Å². The summed E-state index contributed by atoms with van der Waals surface area (Å²) in [5.41, 5.74) is 4.32. The van der Waals surface area contributed by atoms with E-state index in [-0.39, 0.29) is 0 Å². The normalized spacial score (nSPS) is 17.5. The molecule has 3 aromatic rings. The highest BCUT2D eigenvalue weighted by Crippen LogP contribution is 2.30. The quantitative estimate of drug-likeness (QED) is 0.727. The molecule has 0 bridgehead atoms. The number of likely N-dealkylation sites (N-methyl/N-ethyl adjacent to an activating group) is 1. The second kappa shape index (κ2) is 5.09. The highest BCUT2D eigenvalue weighted by molar-refractivity contribution is 5.87. The van der Waals surface area contributed by atoms with E-state index in [4.69, 9.17) is 4.52 Å². The second-order valence-corrected chi connectivity index (χ2v) is 5.92. The van der Waals surface area contributed by atoms with Gasteiger partial charge in [-0.25, -0.2) is 4.98 Å². The van der Waals surface area contributed by atoms with Crippen molar-refractivity contribution in [3.63, 3.8) is 0 Å². The maximum Gasteiger partial charge on any atom is 0.263 e. The largest absolute Gasteiger partial charge is 0.356 e. The Morgan fingerprint density at radius 2 is 2.00 bits per heavy atom. The minimum absolute atomic E-state index is 0.433. The fraction of sp³-hybridized carbons (Fsp3) is 0.353. The Bertz CT molecular complexity index is 826. The van der Waals surface area contributed by atoms with Gasteiger partial charge in [0, 0.05) is 13.1 Å². The van der Waals surface area contributed by atoms with Gasteiger partial charge in [0.25, 0.3) is 5.71 Å². The first-order chi connectivity index (χ1) is 10.7. The number of aryl methyl sites for hydroxylation is 2. The number of aromatic nitrogens is 3. The standard InChI is InChI=1S/C17H18N4O/c1-11-15-16(18-10-19-17(15)22-20-11)21(2)14-8-7-12-5-3-4-6-13(12)9-14/h3-6,10,14H,7-9H2,1-2H3. The third kappa shape index (κ3) is 2.04. The lowest BCUT2D eigenvalue weighted by Crippen LogP contribution is -2.37. The molecule has 1 unspecified atom stereocenters. The molecule has 112 valence electrons. The molecule has 1 atom stereocenters. The molecule has 0 fully saturated rings. The highest BCUT2D eigenvalue weighted by Gasteiger charge is 2.25. The highest BCUT2D eigenvalue weighted by atomic mass is 16.5. The number of nitrogens with zero attached hydrogens (tertiary/aromatic N) is 4. The molecule has 1 aromatic carbocycles. The summed E-state index contributed by atoms with van der Waals surface area (Å²) in [5.74, 6) is 0.910. The predicted octanol–water partition coefficient (Wildman–Crippen LogP) is 2.92. The minimum Gasteiger partial charge on any atom is -0.356 e. The van der Waals surface area contributed by atoms with Crippen molar-refractivity contribution < 1.29 is 4.52 Å². The van der Waals surface area contributed by atoms with Crippen LogP contribution in [0, 0.1) is 6.92 Å². The van der Waals surface area contributed by atoms with Crippen molar-refractivity contribution in [2.45, 2.75) is 32.2 Å². The van der Waals surface area contributed by atoms with E-state index in [0.717, 1.165) is 36.2 Å². The van der Waals surface area contributed by atoms with E-state index in [1.807, 2.05) is 6.92 Å². The summed E-state index contributed by atoms with van der Waals surface area (Å²) in [5, 5.41) is 4.94. The van der Waals surface area contributed by atoms with Gasteiger partial charge in [-0.15, -0.1) is 0 Å². The molecule has 0 aliphatic heterocycles. The summed E-state index contributed by atoms with van der Waals surface area (Å²) in [6.45, 7) is 1.93. The molecular weight excluding hydrogens is 276 g/mol. The molecule has 0 radical (unpaired) electrons. The smallest absolute Gasteiger partial charge is 0.263 e. The number of anilines is 1. The number of benzene rings is 1. The van der Waals surface area contributed by atoms with Crippen LogP contribution in [0.1, 0.15) is 23.2 Å². The monoisotopic (exact) mass is 294 g/mol. The van der Waals surface area contributed by atoms with Gasteiger partial charge >= 0.3 is 0 Å². The van der Waals surface area contributed by atoms with E-state index >= 15 is 0 Å². The van der Waals surface area contributed by atoms with Crippen LogP contribution in [-0.4, -0.2) is 28.2 Å². The van der Waals surface area contributed by atoms with Gasteiger partial charge in [-0.1, -0.05) is 29.4 Å². The molecule has 0 spiro atoms. The Morgan fingerprint density at radius 1 is 1.18 bits per heavy atom. The SMILES string of the molecule is Cc1noc2ncnc(N(C)C3CCc4ccccc4C3)c12. The average molecular weight is 294 g/mol. The van der Waals surface area contributed by atoms with Gasteiger partial charge in [-0.05, 0) is 37.3 Å². The fourth-order valence-electron chi connectivity index (χ4n) is 3.35. The minimum atomic E-state index is 0.433. The van der Waals surface area contributed by atoms with Crippen LogP contribution < -0.4 is 4.90 Å². The number of fused-ring (bicyclic) bond motifs is 2. The van der Waals surface area contributed by atoms with E-state index in [0.29, 0.717) is 11.8 Å². The molecule has 22 heavy (non-hydrogen) atoms. The number of hydrogen-bond acceptors (Lipinski definition) is 5. The van der Waals surface area contributed by atoms with Crippen molar-refractivity contribution in [3.05, 3.63) is 47.4 Å². The number of hydrogen-bond donors (Lipinski definition) is 0. The molecule has 1 aliphatic carbocycles. The van der Waals surface area contributed by atoms with Gasteiger partial charge in [0.05, 0.1) is 5.69 Å². The molecule has 0 saturated heterocycles. The van der Waals surface area contributed by atoms with Crippen LogP contribution in [0.2, 0.25) is 0 Å². The molecule has 0 saturated carbocycles. The Kier molecular flexibility index (Phi) is 3.06. The van der Waals surface area contributed by atoms with Crippen LogP contribution in [0.5, 0.6) is 0 Å². The van der Waals surface area contributed by atoms with Crippen molar-refractivity contribution >= 4 is 16.9 Å². The van der Waals surface area contributed by atoms with Crippen LogP contribution >= 0.6 is 0 Å². The van der Waals surface area contributed by atoms with Crippen LogP contribution in [0.25, 0.3) is 11.1 Å². The first-order valence-corrected chi connectivity index (χ1v) is 7.60. The molecule has 1 aliphatic rings. The molecule has 5 nitrogen and oxygen atoms in total. The zero-order valence-corrected chi connectivity index (χ0v) is 12.8. The third-order valence-electron chi connectivity index (χ3n) is 4.63. The Balaban J connectivity index is 1.70. The summed E-state index contributed by atoms with van der Waals surface area (Å²) in [4.78, 5) is 10.9. The van der Waals surface area contributed by atoms with E-state index in [1.54, 1.807) is 6.33 Å². The molecule has 0 amide bonds. The van der Waals surface area contributed by atoms with E-state index in [1.165, 1.54) is 11.1 Å². The zero-order valence-electron chi connectivity index (χ0n) is 12.8. The third-order valence-corrected chi connectivity index (χ3v) is 4.63. The van der Waals surface area contributed by atoms with Gasteiger partial charge < -0.3 is 9.42 Å². The summed E-state index contributed by atoms with van der Waals surface area (Å²) >= 11 is 0. The fourth-order valence-corrected chi connectivity index (χ4v) is 3.35. The number of rotatable bonds is 2. The van der Waals surface area contributed by atoms with Crippen LogP contribution in [0.15, 0.2) is 35.1 Å². The lowest BCUT2D eigenvalue weighted by Gasteiger charge is -2.33. The zero-order chi connectivity index (χ0) is 15.1. The Labute approximate surface area is 129 Å². The maximum absolute atomic E-state index is 5.26. The molecular formula is C17H18N4O. The molecule has 2 heterocycles. The summed E-state index contributed by atoms with van der Waals surface area (Å²) < 4.78 is 5.26. The summed E-state index contributed by atoms with van der Waals surface area (Å²) in [7, 11) is 2.10. The Hall–Kier alpha value is -2.43. The molecule has 2 aromatic heterocycles. The lowest BCUT2D eigenvalue weighted by atomic mass is 9.87. The predicted molar refractivity (Wildman–Crippen MR) is 85.0 cm³/mol. The summed E-state index contributed by atoms with van der Waals surface area (Å²) in [6.07, 6.45) is 4.84. The van der Waals surface area contributed by atoms with E-state index in [2.05, 4.69) is 51.3 Å². The van der Waals surface area contributed by atoms with Gasteiger partial charge in [-0.2, -0.15) is 4.98 Å². The van der Waals surface area contributed by atoms with Crippen LogP contribution in [0.3, 0.4) is 0 Å². The van der Waals surface area contributed by atoms with Crippen molar-refractivity contribution in [1.82, 2.24) is 15.1 Å².